The van der Waals surface area contributed by atoms with Crippen LogP contribution in [0.4, 0.5) is 5.69 Å². The predicted octanol–water partition coefficient (Wildman–Crippen LogP) is 0.774. The predicted molar refractivity (Wildman–Crippen MR) is 94.0 cm³/mol. The molecule has 0 fully saturated rings. The molecule has 3 rings (SSSR count). The van der Waals surface area contributed by atoms with Gasteiger partial charge in [0.2, 0.25) is 5.78 Å². The van der Waals surface area contributed by atoms with Crippen molar-refractivity contribution in [2.45, 2.75) is 4.90 Å². The van der Waals surface area contributed by atoms with Gasteiger partial charge in [0.05, 0.1) is 21.6 Å². The zero-order valence-corrected chi connectivity index (χ0v) is 16.4. The maximum atomic E-state index is 12.4. The van der Waals surface area contributed by atoms with Crippen molar-refractivity contribution in [3.63, 3.8) is 0 Å². The molecule has 2 aromatic carbocycles. The molecule has 11 heteroatoms. The average molecular weight is 460 g/mol. The van der Waals surface area contributed by atoms with E-state index in [0.29, 0.717) is 11.1 Å². The Bertz CT molecular complexity index is 1140. The van der Waals surface area contributed by atoms with Crippen LogP contribution in [0.2, 0.25) is 5.02 Å². The van der Waals surface area contributed by atoms with Crippen molar-refractivity contribution in [2.75, 3.05) is 5.43 Å². The minimum Gasteiger partial charge on any atom is -0.744 e. The van der Waals surface area contributed by atoms with Crippen LogP contribution in [0.3, 0.4) is 0 Å². The second-order valence-electron chi connectivity index (χ2n) is 5.43. The first-order valence-electron chi connectivity index (χ1n) is 7.35. The maximum Gasteiger partial charge on any atom is 2.00 e. The molecular weight excluding hydrogens is 451 g/mol. The van der Waals surface area contributed by atoms with E-state index >= 15 is 0 Å². The van der Waals surface area contributed by atoms with Crippen LogP contribution >= 0.6 is 11.6 Å². The van der Waals surface area contributed by atoms with Crippen LogP contribution in [0.1, 0.15) is 11.1 Å². The van der Waals surface area contributed by atoms with Crippen LogP contribution in [0.25, 0.3) is 6.08 Å². The van der Waals surface area contributed by atoms with Crippen molar-refractivity contribution < 1.29 is 44.7 Å². The number of Topliss-reactive ketones (excluding diaryl/α,β-unsaturated/α-hetero) is 1. The Morgan fingerprint density at radius 1 is 1.14 bits per heavy atom. The van der Waals surface area contributed by atoms with E-state index < -0.39 is 32.3 Å². The Labute approximate surface area is 175 Å². The fourth-order valence-electron chi connectivity index (χ4n) is 2.46. The summed E-state index contributed by atoms with van der Waals surface area (Å²) in [6, 6.07) is 9.96. The summed E-state index contributed by atoms with van der Waals surface area (Å²) in [6.07, 6.45) is 1.19. The third-order valence-electron chi connectivity index (χ3n) is 3.69. The molecule has 0 aliphatic heterocycles. The number of nitrogens with zero attached hydrogens (tertiary/aromatic N) is 1. The van der Waals surface area contributed by atoms with Crippen LogP contribution < -0.4 is 10.5 Å². The first-order chi connectivity index (χ1) is 12.7. The molecule has 0 saturated heterocycles. The number of carboxylic acid groups (broad SMARTS) is 1. The molecule has 1 N–H and O–H groups in total. The summed E-state index contributed by atoms with van der Waals surface area (Å²) in [6.45, 7) is 0. The minimum absolute atomic E-state index is 0. The van der Waals surface area contributed by atoms with Gasteiger partial charge in [-0.15, -0.1) is 0 Å². The summed E-state index contributed by atoms with van der Waals surface area (Å²) >= 11 is 5.70. The Hall–Kier alpha value is -2.49. The summed E-state index contributed by atoms with van der Waals surface area (Å²) in [5.41, 5.74) is 2.59. The molecule has 0 atom stereocenters. The molecular formula is C17H9ClMnN2O6S. The first-order valence-corrected chi connectivity index (χ1v) is 9.13. The summed E-state index contributed by atoms with van der Waals surface area (Å²) in [4.78, 5) is 22.9. The van der Waals surface area contributed by atoms with Gasteiger partial charge in [0.1, 0.15) is 15.8 Å². The van der Waals surface area contributed by atoms with E-state index in [1.807, 2.05) is 0 Å². The number of hydrogen-bond acceptors (Lipinski definition) is 8. The number of anilines is 1. The van der Waals surface area contributed by atoms with Gasteiger partial charge in [0.25, 0.3) is 0 Å². The van der Waals surface area contributed by atoms with Gasteiger partial charge in [-0.2, -0.15) is 5.10 Å². The Morgan fingerprint density at radius 2 is 1.82 bits per heavy atom. The van der Waals surface area contributed by atoms with E-state index in [0.717, 1.165) is 6.07 Å². The molecule has 1 aliphatic carbocycles. The minimum atomic E-state index is -4.81. The van der Waals surface area contributed by atoms with E-state index in [2.05, 4.69) is 10.5 Å². The summed E-state index contributed by atoms with van der Waals surface area (Å²) < 4.78 is 33.6. The number of ketones is 1. The monoisotopic (exact) mass is 459 g/mol. The van der Waals surface area contributed by atoms with Crippen LogP contribution in [-0.2, 0) is 36.8 Å². The normalized spacial score (nSPS) is 14.7. The van der Waals surface area contributed by atoms with Gasteiger partial charge in [-0.1, -0.05) is 35.9 Å². The molecule has 28 heavy (non-hydrogen) atoms. The topological polar surface area (TPSA) is 139 Å². The molecule has 0 saturated carbocycles. The van der Waals surface area contributed by atoms with E-state index in [9.17, 15) is 27.7 Å². The van der Waals surface area contributed by atoms with Crippen molar-refractivity contribution in [1.82, 2.24) is 0 Å². The summed E-state index contributed by atoms with van der Waals surface area (Å²) in [5, 5.41) is 14.8. The number of rotatable bonds is 4. The van der Waals surface area contributed by atoms with Gasteiger partial charge < -0.3 is 14.5 Å². The van der Waals surface area contributed by atoms with Gasteiger partial charge >= 0.3 is 17.1 Å². The number of fused-ring (bicyclic) bond motifs is 1. The first kappa shape index (κ1) is 21.8. The van der Waals surface area contributed by atoms with E-state index in [1.165, 1.54) is 18.2 Å². The van der Waals surface area contributed by atoms with Crippen LogP contribution in [0.15, 0.2) is 58.0 Å². The molecule has 143 valence electrons. The number of carbonyl (C=O) groups is 2. The maximum absolute atomic E-state index is 12.4. The zero-order valence-electron chi connectivity index (χ0n) is 13.7. The summed E-state index contributed by atoms with van der Waals surface area (Å²) in [5.74, 6) is -2.51. The number of hydrogen-bond donors (Lipinski definition) is 1. The van der Waals surface area contributed by atoms with Crippen molar-refractivity contribution in [2.24, 2.45) is 5.10 Å². The fourth-order valence-corrected chi connectivity index (χ4v) is 3.44. The molecule has 0 bridgehead atoms. The van der Waals surface area contributed by atoms with Gasteiger partial charge in [-0.25, -0.2) is 8.42 Å². The Balaban J connectivity index is 0.00000280. The van der Waals surface area contributed by atoms with Gasteiger partial charge in [0.15, 0.2) is 0 Å². The number of carboxylic acids is 1. The van der Waals surface area contributed by atoms with Crippen LogP contribution in [0, 0.1) is 0 Å². The third kappa shape index (κ3) is 4.32. The van der Waals surface area contributed by atoms with Gasteiger partial charge in [-0.3, -0.25) is 10.2 Å². The van der Waals surface area contributed by atoms with E-state index in [1.54, 1.807) is 24.3 Å². The number of benzene rings is 2. The van der Waals surface area contributed by atoms with E-state index in [4.69, 9.17) is 11.6 Å². The fraction of sp³-hybridized carbons (Fsp3) is 0. The Morgan fingerprint density at radius 3 is 2.46 bits per heavy atom. The Kier molecular flexibility index (Phi) is 6.43. The second-order valence-corrected chi connectivity index (χ2v) is 7.19. The number of halogens is 1. The standard InChI is InChI=1S/C17H11ClN2O6S.Mn/c18-13-6-5-10(8-14(13)27(24,25)26)19-20-15-11-4-2-1-3-9(11)7-12(16(15)21)17(22)23;/h1-8,19H,(H,22,23)(H,24,25,26);/q;+2/p-2/b20-15+;. The van der Waals surface area contributed by atoms with Gasteiger partial charge in [-0.05, 0) is 29.8 Å². The SMILES string of the molecule is O=C([O-])C1=Cc2ccccc2/C(=N\Nc2ccc(Cl)c(S(=O)(=O)[O-])c2)C1=O.[Mn+2]. The molecule has 1 aliphatic rings. The number of carbonyl (C=O) groups excluding carboxylic acids is 2. The second kappa shape index (κ2) is 8.25. The number of hydrazone groups is 1. The van der Waals surface area contributed by atoms with Crippen molar-refractivity contribution in [3.05, 3.63) is 64.2 Å². The molecule has 0 unspecified atom stereocenters. The molecule has 1 radical (unpaired) electrons. The largest absolute Gasteiger partial charge is 2.00 e. The molecule has 0 spiro atoms. The van der Waals surface area contributed by atoms with Crippen LogP contribution in [-0.4, -0.2) is 30.4 Å². The smallest absolute Gasteiger partial charge is 0.744 e. The van der Waals surface area contributed by atoms with Gasteiger partial charge in [0, 0.05) is 11.1 Å². The van der Waals surface area contributed by atoms with Crippen molar-refractivity contribution >= 4 is 50.9 Å². The quantitative estimate of drug-likeness (QED) is 0.308. The average Bonchev–Trinajstić information content (AvgIpc) is 2.60. The third-order valence-corrected chi connectivity index (χ3v) is 5.01. The molecule has 2 aromatic rings. The molecule has 8 nitrogen and oxygen atoms in total. The van der Waals surface area contributed by atoms with Crippen molar-refractivity contribution in [1.29, 1.82) is 0 Å². The number of aliphatic carboxylic acids is 1. The molecule has 0 aromatic heterocycles. The number of nitrogens with one attached hydrogen (secondary N) is 1. The molecule has 0 amide bonds. The van der Waals surface area contributed by atoms with Crippen LogP contribution in [0.5, 0.6) is 0 Å². The zero-order chi connectivity index (χ0) is 19.8. The van der Waals surface area contributed by atoms with Crippen molar-refractivity contribution in [3.8, 4) is 0 Å². The summed E-state index contributed by atoms with van der Waals surface area (Å²) in [7, 11) is -4.81. The molecule has 0 heterocycles. The van der Waals surface area contributed by atoms with E-state index in [-0.39, 0.29) is 33.5 Å².